The van der Waals surface area contributed by atoms with Crippen molar-refractivity contribution in [1.82, 2.24) is 0 Å². The predicted octanol–water partition coefficient (Wildman–Crippen LogP) is 4.11. The van der Waals surface area contributed by atoms with Crippen LogP contribution in [-0.2, 0) is 9.16 Å². The second-order valence-electron chi connectivity index (χ2n) is 6.30. The van der Waals surface area contributed by atoms with Gasteiger partial charge in [0, 0.05) is 7.11 Å². The fraction of sp³-hybridized carbons (Fsp3) is 0.130. The Kier molecular flexibility index (Phi) is 4.84. The summed E-state index contributed by atoms with van der Waals surface area (Å²) in [5.41, 5.74) is 0. The van der Waals surface area contributed by atoms with E-state index in [4.69, 9.17) is 9.16 Å². The molecule has 1 atom stereocenters. The van der Waals surface area contributed by atoms with E-state index in [1.165, 1.54) is 31.9 Å². The van der Waals surface area contributed by atoms with Gasteiger partial charge in [0.05, 0.1) is 0 Å². The molecule has 1 unspecified atom stereocenters. The smallest absolute Gasteiger partial charge is 0.287 e. The third-order valence-corrected chi connectivity index (χ3v) is 7.10. The second kappa shape index (κ2) is 7.42. The van der Waals surface area contributed by atoms with E-state index in [2.05, 4.69) is 84.9 Å². The highest BCUT2D eigenvalue weighted by molar-refractivity contribution is 6.83. The maximum Gasteiger partial charge on any atom is 0.287 e. The van der Waals surface area contributed by atoms with Gasteiger partial charge in [-0.05, 0) is 38.8 Å². The molecule has 0 aliphatic rings. The van der Waals surface area contributed by atoms with Crippen LogP contribution >= 0.6 is 0 Å². The molecule has 3 heteroatoms. The molecule has 4 aromatic carbocycles. The van der Waals surface area contributed by atoms with Crippen LogP contribution in [0.3, 0.4) is 0 Å². The monoisotopic (exact) mass is 357 g/mol. The molecule has 4 aromatic rings. The van der Waals surface area contributed by atoms with E-state index in [1.807, 2.05) is 6.92 Å². The summed E-state index contributed by atoms with van der Waals surface area (Å²) in [5.74, 6) is 0. The summed E-state index contributed by atoms with van der Waals surface area (Å²) < 4.78 is 11.9. The number of methoxy groups -OCH3 is 1. The van der Waals surface area contributed by atoms with Crippen molar-refractivity contribution in [2.45, 2.75) is 13.2 Å². The van der Waals surface area contributed by atoms with E-state index in [0.29, 0.717) is 0 Å². The number of hydrogen-bond acceptors (Lipinski definition) is 2. The Morgan fingerprint density at radius 1 is 0.654 bits per heavy atom. The first-order chi connectivity index (χ1) is 12.8. The lowest BCUT2D eigenvalue weighted by atomic mass is 10.1. The van der Waals surface area contributed by atoms with Gasteiger partial charge >= 0.3 is 0 Å². The van der Waals surface area contributed by atoms with Crippen LogP contribution in [0.1, 0.15) is 6.92 Å². The van der Waals surface area contributed by atoms with Crippen molar-refractivity contribution in [3.8, 4) is 0 Å². The first kappa shape index (κ1) is 17.0. The number of rotatable bonds is 5. The van der Waals surface area contributed by atoms with E-state index in [0.717, 1.165) is 0 Å². The summed E-state index contributed by atoms with van der Waals surface area (Å²) in [6, 6.07) is 29.9. The Balaban J connectivity index is 1.95. The van der Waals surface area contributed by atoms with Gasteiger partial charge in [-0.25, -0.2) is 0 Å². The summed E-state index contributed by atoms with van der Waals surface area (Å²) in [4.78, 5) is 0. The third kappa shape index (κ3) is 3.17. The second-order valence-corrected chi connectivity index (χ2v) is 8.28. The molecule has 0 fully saturated rings. The van der Waals surface area contributed by atoms with Gasteiger partial charge in [-0.2, -0.15) is 0 Å². The normalized spacial score (nSPS) is 12.7. The molecular formula is C23H21O2Si. The van der Waals surface area contributed by atoms with Gasteiger partial charge in [0.2, 0.25) is 0 Å². The van der Waals surface area contributed by atoms with Crippen LogP contribution in [0.2, 0.25) is 0 Å². The van der Waals surface area contributed by atoms with Crippen LogP contribution < -0.4 is 10.4 Å². The first-order valence-electron chi connectivity index (χ1n) is 8.80. The average molecular weight is 358 g/mol. The molecule has 0 amide bonds. The Morgan fingerprint density at radius 2 is 1.12 bits per heavy atom. The summed E-state index contributed by atoms with van der Waals surface area (Å²) >= 11 is 0. The van der Waals surface area contributed by atoms with Crippen LogP contribution in [0.4, 0.5) is 0 Å². The van der Waals surface area contributed by atoms with Crippen LogP contribution in [0, 0.1) is 0 Å². The molecule has 4 rings (SSSR count). The molecule has 2 nitrogen and oxygen atoms in total. The van der Waals surface area contributed by atoms with Gasteiger partial charge < -0.3 is 9.16 Å². The Morgan fingerprint density at radius 3 is 1.62 bits per heavy atom. The lowest BCUT2D eigenvalue weighted by Crippen LogP contribution is -2.47. The molecular weight excluding hydrogens is 336 g/mol. The topological polar surface area (TPSA) is 18.5 Å². The minimum Gasteiger partial charge on any atom is -0.382 e. The Hall–Kier alpha value is -2.46. The molecule has 1 radical (unpaired) electrons. The predicted molar refractivity (Wildman–Crippen MR) is 110 cm³/mol. The summed E-state index contributed by atoms with van der Waals surface area (Å²) in [5, 5.41) is 7.49. The fourth-order valence-corrected chi connectivity index (χ4v) is 5.74. The quantitative estimate of drug-likeness (QED) is 0.395. The fourth-order valence-electron chi connectivity index (χ4n) is 3.33. The van der Waals surface area contributed by atoms with Crippen LogP contribution in [-0.4, -0.2) is 22.4 Å². The number of hydrogen-bond donors (Lipinski definition) is 0. The van der Waals surface area contributed by atoms with Crippen LogP contribution in [0.5, 0.6) is 0 Å². The van der Waals surface area contributed by atoms with Crippen molar-refractivity contribution in [3.05, 3.63) is 84.9 Å². The van der Waals surface area contributed by atoms with Gasteiger partial charge in [-0.1, -0.05) is 84.9 Å². The molecule has 0 aliphatic heterocycles. The Labute approximate surface area is 155 Å². The van der Waals surface area contributed by atoms with Gasteiger partial charge in [0.15, 0.2) is 0 Å². The van der Waals surface area contributed by atoms with E-state index in [9.17, 15) is 0 Å². The number of benzene rings is 4. The zero-order chi connectivity index (χ0) is 17.9. The minimum absolute atomic E-state index is 0.262. The number of fused-ring (bicyclic) bond motifs is 2. The SMILES string of the molecule is COC(C)O[Si](c1cccc2ccccc12)c1cccc2ccccc12. The third-order valence-electron chi connectivity index (χ3n) is 4.68. The highest BCUT2D eigenvalue weighted by Gasteiger charge is 2.25. The first-order valence-corrected chi connectivity index (χ1v) is 10.2. The molecule has 0 saturated heterocycles. The summed E-state index contributed by atoms with van der Waals surface area (Å²) in [6.07, 6.45) is -0.262. The molecule has 0 spiro atoms. The van der Waals surface area contributed by atoms with E-state index in [1.54, 1.807) is 7.11 Å². The van der Waals surface area contributed by atoms with E-state index < -0.39 is 9.04 Å². The maximum absolute atomic E-state index is 6.47. The molecule has 0 saturated carbocycles. The molecule has 129 valence electrons. The molecule has 0 aliphatic carbocycles. The van der Waals surface area contributed by atoms with Crippen molar-refractivity contribution < 1.29 is 9.16 Å². The minimum atomic E-state index is -1.49. The maximum atomic E-state index is 6.47. The van der Waals surface area contributed by atoms with Crippen molar-refractivity contribution in [1.29, 1.82) is 0 Å². The van der Waals surface area contributed by atoms with Gasteiger partial charge in [0.25, 0.3) is 9.04 Å². The molecule has 0 bridgehead atoms. The summed E-state index contributed by atoms with van der Waals surface area (Å²) in [6.45, 7) is 1.96. The largest absolute Gasteiger partial charge is 0.382 e. The Bertz CT molecular complexity index is 954. The zero-order valence-corrected chi connectivity index (χ0v) is 16.0. The van der Waals surface area contributed by atoms with E-state index >= 15 is 0 Å². The van der Waals surface area contributed by atoms with Gasteiger partial charge in [-0.15, -0.1) is 0 Å². The zero-order valence-electron chi connectivity index (χ0n) is 15.0. The molecule has 0 heterocycles. The molecule has 0 aromatic heterocycles. The average Bonchev–Trinajstić information content (AvgIpc) is 2.71. The van der Waals surface area contributed by atoms with Crippen molar-refractivity contribution in [2.75, 3.05) is 7.11 Å². The van der Waals surface area contributed by atoms with Gasteiger partial charge in [0.1, 0.15) is 6.29 Å². The van der Waals surface area contributed by atoms with E-state index in [-0.39, 0.29) is 6.29 Å². The van der Waals surface area contributed by atoms with Crippen LogP contribution in [0.25, 0.3) is 21.5 Å². The highest BCUT2D eigenvalue weighted by Crippen LogP contribution is 2.16. The standard InChI is InChI=1S/C23H21O2Si/c1-17(24-2)25-26(22-15-7-11-18-9-3-5-13-20(18)22)23-16-8-12-19-10-4-6-14-21(19)23/h3-17H,1-2H3. The van der Waals surface area contributed by atoms with Crippen molar-refractivity contribution in [3.63, 3.8) is 0 Å². The molecule has 26 heavy (non-hydrogen) atoms. The number of ether oxygens (including phenoxy) is 1. The van der Waals surface area contributed by atoms with Crippen LogP contribution in [0.15, 0.2) is 84.9 Å². The van der Waals surface area contributed by atoms with Gasteiger partial charge in [-0.3, -0.25) is 0 Å². The lowest BCUT2D eigenvalue weighted by molar-refractivity contribution is -0.0380. The molecule has 0 N–H and O–H groups in total. The summed E-state index contributed by atoms with van der Waals surface area (Å²) in [7, 11) is 0.205. The van der Waals surface area contributed by atoms with Crippen molar-refractivity contribution >= 4 is 41.0 Å². The van der Waals surface area contributed by atoms with Crippen molar-refractivity contribution in [2.24, 2.45) is 0 Å². The lowest BCUT2D eigenvalue weighted by Gasteiger charge is -2.23. The highest BCUT2D eigenvalue weighted by atomic mass is 28.3.